The lowest BCUT2D eigenvalue weighted by Gasteiger charge is -2.49. The van der Waals surface area contributed by atoms with Crippen LogP contribution in [0.5, 0.6) is 0 Å². The van der Waals surface area contributed by atoms with Crippen LogP contribution in [0.4, 0.5) is 0 Å². The second kappa shape index (κ2) is 10.6. The molecule has 9 heteroatoms. The van der Waals surface area contributed by atoms with E-state index in [1.165, 1.54) is 0 Å². The van der Waals surface area contributed by atoms with Gasteiger partial charge in [0.25, 0.3) is 11.8 Å². The molecule has 2 heterocycles. The SMILES string of the molecule is CN(C)CCN1C(=O)C(C#N)=C(N2CCN(C(=O)c3ccc(Cl)c(Cl)c3)CC2)C2CCCCC21. The summed E-state index contributed by atoms with van der Waals surface area (Å²) in [6.45, 7) is 3.66. The molecular weight excluding hydrogens is 473 g/mol. The molecule has 1 aromatic carbocycles. The fourth-order valence-electron chi connectivity index (χ4n) is 5.43. The van der Waals surface area contributed by atoms with E-state index in [1.54, 1.807) is 23.1 Å². The zero-order valence-corrected chi connectivity index (χ0v) is 21.3. The molecular formula is C25H31Cl2N5O2. The highest BCUT2D eigenvalue weighted by Gasteiger charge is 2.44. The molecule has 4 rings (SSSR count). The fraction of sp³-hybridized carbons (Fsp3) is 0.560. The van der Waals surface area contributed by atoms with E-state index in [0.717, 1.165) is 37.9 Å². The van der Waals surface area contributed by atoms with Gasteiger partial charge in [0, 0.05) is 62.5 Å². The molecule has 2 amide bonds. The van der Waals surface area contributed by atoms with E-state index < -0.39 is 0 Å². The van der Waals surface area contributed by atoms with Crippen LogP contribution in [0.15, 0.2) is 29.5 Å². The van der Waals surface area contributed by atoms with Crippen LogP contribution in [0.3, 0.4) is 0 Å². The Hall–Kier alpha value is -2.27. The number of nitriles is 1. The number of likely N-dealkylation sites (N-methyl/N-ethyl adjacent to an activating group) is 1. The smallest absolute Gasteiger partial charge is 0.266 e. The largest absolute Gasteiger partial charge is 0.370 e. The van der Waals surface area contributed by atoms with Crippen molar-refractivity contribution in [1.82, 2.24) is 19.6 Å². The van der Waals surface area contributed by atoms with Crippen LogP contribution in [-0.4, -0.2) is 90.8 Å². The number of piperazine rings is 1. The highest BCUT2D eigenvalue weighted by Crippen LogP contribution is 2.41. The van der Waals surface area contributed by atoms with E-state index >= 15 is 0 Å². The lowest BCUT2D eigenvalue weighted by Crippen LogP contribution is -2.57. The van der Waals surface area contributed by atoms with Crippen molar-refractivity contribution in [2.24, 2.45) is 5.92 Å². The van der Waals surface area contributed by atoms with Gasteiger partial charge in [0.05, 0.1) is 10.0 Å². The van der Waals surface area contributed by atoms with E-state index in [9.17, 15) is 14.9 Å². The predicted octanol–water partition coefficient (Wildman–Crippen LogP) is 3.49. The van der Waals surface area contributed by atoms with Gasteiger partial charge in [0.15, 0.2) is 0 Å². The van der Waals surface area contributed by atoms with Crippen molar-refractivity contribution < 1.29 is 9.59 Å². The summed E-state index contributed by atoms with van der Waals surface area (Å²) in [6, 6.07) is 7.32. The number of halogens is 2. The van der Waals surface area contributed by atoms with Crippen LogP contribution in [-0.2, 0) is 4.79 Å². The summed E-state index contributed by atoms with van der Waals surface area (Å²) in [6.07, 6.45) is 4.17. The van der Waals surface area contributed by atoms with Crippen molar-refractivity contribution in [3.63, 3.8) is 0 Å². The van der Waals surface area contributed by atoms with Gasteiger partial charge in [0.2, 0.25) is 0 Å². The van der Waals surface area contributed by atoms with Gasteiger partial charge in [0.1, 0.15) is 11.6 Å². The molecule has 0 radical (unpaired) electrons. The van der Waals surface area contributed by atoms with E-state index in [0.29, 0.717) is 48.3 Å². The third-order valence-electron chi connectivity index (χ3n) is 7.19. The van der Waals surface area contributed by atoms with Gasteiger partial charge in [-0.05, 0) is 45.1 Å². The number of benzene rings is 1. The highest BCUT2D eigenvalue weighted by molar-refractivity contribution is 6.42. The molecule has 1 saturated carbocycles. The summed E-state index contributed by atoms with van der Waals surface area (Å²) < 4.78 is 0. The summed E-state index contributed by atoms with van der Waals surface area (Å²) in [5, 5.41) is 10.8. The summed E-state index contributed by atoms with van der Waals surface area (Å²) in [7, 11) is 4.00. The number of hydrogen-bond acceptors (Lipinski definition) is 5. The average molecular weight is 504 g/mol. The molecule has 7 nitrogen and oxygen atoms in total. The number of hydrogen-bond donors (Lipinski definition) is 0. The average Bonchev–Trinajstić information content (AvgIpc) is 2.84. The lowest BCUT2D eigenvalue weighted by molar-refractivity contribution is -0.133. The molecule has 34 heavy (non-hydrogen) atoms. The summed E-state index contributed by atoms with van der Waals surface area (Å²) in [5.41, 5.74) is 1.70. The third kappa shape index (κ3) is 4.91. The second-order valence-electron chi connectivity index (χ2n) is 9.54. The van der Waals surface area contributed by atoms with Gasteiger partial charge in [-0.2, -0.15) is 5.26 Å². The van der Waals surface area contributed by atoms with Crippen LogP contribution in [0.1, 0.15) is 36.0 Å². The normalized spacial score (nSPS) is 23.3. The first-order valence-corrected chi connectivity index (χ1v) is 12.7. The number of rotatable bonds is 5. The van der Waals surface area contributed by atoms with Crippen LogP contribution >= 0.6 is 23.2 Å². The first-order chi connectivity index (χ1) is 16.3. The topological polar surface area (TPSA) is 70.9 Å². The number of fused-ring (bicyclic) bond motifs is 1. The lowest BCUT2D eigenvalue weighted by atomic mass is 9.76. The maximum atomic E-state index is 13.4. The minimum absolute atomic E-state index is 0.0853. The van der Waals surface area contributed by atoms with Crippen LogP contribution in [0.2, 0.25) is 10.0 Å². The van der Waals surface area contributed by atoms with Crippen molar-refractivity contribution in [3.8, 4) is 6.07 Å². The van der Waals surface area contributed by atoms with Crippen molar-refractivity contribution in [2.45, 2.75) is 31.7 Å². The van der Waals surface area contributed by atoms with E-state index in [-0.39, 0.29) is 29.3 Å². The minimum Gasteiger partial charge on any atom is -0.370 e. The van der Waals surface area contributed by atoms with Gasteiger partial charge < -0.3 is 19.6 Å². The Balaban J connectivity index is 1.53. The van der Waals surface area contributed by atoms with Gasteiger partial charge >= 0.3 is 0 Å². The molecule has 182 valence electrons. The number of amides is 2. The molecule has 2 unspecified atom stereocenters. The zero-order valence-electron chi connectivity index (χ0n) is 19.8. The molecule has 1 saturated heterocycles. The Bertz CT molecular complexity index is 1030. The van der Waals surface area contributed by atoms with Crippen LogP contribution in [0, 0.1) is 17.2 Å². The Morgan fingerprint density at radius 1 is 1.12 bits per heavy atom. The molecule has 1 aliphatic carbocycles. The number of nitrogens with zero attached hydrogens (tertiary/aromatic N) is 5. The molecule has 1 aromatic rings. The molecule has 0 aromatic heterocycles. The molecule has 0 bridgehead atoms. The summed E-state index contributed by atoms with van der Waals surface area (Å²) >= 11 is 12.1. The van der Waals surface area contributed by atoms with Crippen molar-refractivity contribution >= 4 is 35.0 Å². The minimum atomic E-state index is -0.142. The third-order valence-corrected chi connectivity index (χ3v) is 7.92. The maximum Gasteiger partial charge on any atom is 0.266 e. The van der Waals surface area contributed by atoms with Crippen LogP contribution < -0.4 is 0 Å². The van der Waals surface area contributed by atoms with Gasteiger partial charge in [-0.15, -0.1) is 0 Å². The number of carbonyl (C=O) groups excluding carboxylic acids is 2. The predicted molar refractivity (Wildman–Crippen MR) is 133 cm³/mol. The van der Waals surface area contributed by atoms with E-state index in [4.69, 9.17) is 23.2 Å². The monoisotopic (exact) mass is 503 g/mol. The molecule has 0 spiro atoms. The Morgan fingerprint density at radius 2 is 1.82 bits per heavy atom. The second-order valence-corrected chi connectivity index (χ2v) is 10.4. The first-order valence-electron chi connectivity index (χ1n) is 11.9. The first kappa shape index (κ1) is 24.8. The molecule has 2 atom stereocenters. The van der Waals surface area contributed by atoms with Gasteiger partial charge in [-0.25, -0.2) is 0 Å². The molecule has 2 aliphatic heterocycles. The fourth-order valence-corrected chi connectivity index (χ4v) is 5.73. The molecule has 0 N–H and O–H groups in total. The van der Waals surface area contributed by atoms with E-state index in [1.807, 2.05) is 19.0 Å². The quantitative estimate of drug-likeness (QED) is 0.614. The summed E-state index contributed by atoms with van der Waals surface area (Å²) in [4.78, 5) is 34.4. The Labute approximate surface area is 211 Å². The number of carbonyl (C=O) groups is 2. The van der Waals surface area contributed by atoms with Crippen molar-refractivity contribution in [3.05, 3.63) is 45.1 Å². The Morgan fingerprint density at radius 3 is 2.47 bits per heavy atom. The summed E-state index contributed by atoms with van der Waals surface area (Å²) in [5.74, 6) is -0.0461. The maximum absolute atomic E-state index is 13.4. The molecule has 2 fully saturated rings. The molecule has 3 aliphatic rings. The van der Waals surface area contributed by atoms with Crippen molar-refractivity contribution in [1.29, 1.82) is 5.26 Å². The van der Waals surface area contributed by atoms with Gasteiger partial charge in [-0.3, -0.25) is 9.59 Å². The zero-order chi connectivity index (χ0) is 24.4. The standard InChI is InChI=1S/C25H31Cl2N5O2/c1-29(2)9-14-32-22-6-4-3-5-18(22)23(19(16-28)25(32)34)30-10-12-31(13-11-30)24(33)17-7-8-20(26)21(27)15-17/h7-8,15,18,22H,3-6,9-14H2,1-2H3. The van der Waals surface area contributed by atoms with Gasteiger partial charge in [-0.1, -0.05) is 36.0 Å². The van der Waals surface area contributed by atoms with Crippen LogP contribution in [0.25, 0.3) is 0 Å². The Kier molecular flexibility index (Phi) is 7.71. The highest BCUT2D eigenvalue weighted by atomic mass is 35.5. The van der Waals surface area contributed by atoms with Crippen molar-refractivity contribution in [2.75, 3.05) is 53.4 Å². The van der Waals surface area contributed by atoms with E-state index in [2.05, 4.69) is 15.9 Å².